The van der Waals surface area contributed by atoms with Crippen molar-refractivity contribution < 1.29 is 0 Å². The van der Waals surface area contributed by atoms with Crippen molar-refractivity contribution in [2.24, 2.45) is 0 Å². The molecule has 2 nitrogen and oxygen atoms in total. The topological polar surface area (TPSA) is 6.48 Å². The van der Waals surface area contributed by atoms with Crippen LogP contribution >= 0.6 is 22.7 Å². The van der Waals surface area contributed by atoms with E-state index in [4.69, 9.17) is 0 Å². The van der Waals surface area contributed by atoms with Crippen LogP contribution in [0.3, 0.4) is 0 Å². The predicted octanol–water partition coefficient (Wildman–Crippen LogP) is 16.0. The Balaban J connectivity index is 1.22. The minimum absolute atomic E-state index is 0.0212. The van der Waals surface area contributed by atoms with Gasteiger partial charge in [0.15, 0.2) is 0 Å². The third-order valence-electron chi connectivity index (χ3n) is 13.9. The highest BCUT2D eigenvalue weighted by atomic mass is 32.1. The van der Waals surface area contributed by atoms with E-state index in [9.17, 15) is 0 Å². The van der Waals surface area contributed by atoms with Crippen LogP contribution in [-0.2, 0) is 16.2 Å². The number of nitrogens with zero attached hydrogens (tertiary/aromatic N) is 2. The van der Waals surface area contributed by atoms with Crippen molar-refractivity contribution in [2.75, 3.05) is 9.80 Å². The fraction of sp³-hybridized carbons (Fsp3) is 0.254. The van der Waals surface area contributed by atoms with E-state index in [0.29, 0.717) is 5.92 Å². The van der Waals surface area contributed by atoms with E-state index in [1.165, 1.54) is 113 Å². The van der Waals surface area contributed by atoms with Crippen LogP contribution < -0.4 is 25.5 Å². The van der Waals surface area contributed by atoms with Gasteiger partial charge in [0.05, 0.1) is 11.4 Å². The SMILES string of the molecule is CC(C)c1ccc2c(c1)B1c3sc4ccc(C(C)(C)C)cc4c3N(c3ccc(C(C)(C)C)cc3)c3cccc(c31)N2c1ccc(C(C)(C)C)cc1-c1ccc2sc3ccccc3c2c1. The van der Waals surface area contributed by atoms with Gasteiger partial charge in [-0.05, 0) is 134 Å². The summed E-state index contributed by atoms with van der Waals surface area (Å²) in [5.74, 6) is 0.391. The van der Waals surface area contributed by atoms with E-state index in [2.05, 4.69) is 225 Å². The summed E-state index contributed by atoms with van der Waals surface area (Å²) in [7, 11) is 0. The lowest BCUT2D eigenvalue weighted by molar-refractivity contribution is 0.590. The molecule has 64 heavy (non-hydrogen) atoms. The molecule has 5 heteroatoms. The van der Waals surface area contributed by atoms with Crippen LogP contribution in [0.5, 0.6) is 0 Å². The van der Waals surface area contributed by atoms with Crippen molar-refractivity contribution in [1.29, 1.82) is 0 Å². The van der Waals surface area contributed by atoms with Crippen LogP contribution in [0.4, 0.5) is 34.1 Å². The summed E-state index contributed by atoms with van der Waals surface area (Å²) < 4.78 is 5.41. The molecular formula is C59H57BN2S2. The Morgan fingerprint density at radius 3 is 1.80 bits per heavy atom. The fourth-order valence-corrected chi connectivity index (χ4v) is 12.6. The Bertz CT molecular complexity index is 3330. The van der Waals surface area contributed by atoms with E-state index in [0.717, 1.165) is 0 Å². The Kier molecular flexibility index (Phi) is 9.28. The van der Waals surface area contributed by atoms with Crippen molar-refractivity contribution in [2.45, 2.75) is 98.3 Å². The van der Waals surface area contributed by atoms with Gasteiger partial charge < -0.3 is 9.80 Å². The lowest BCUT2D eigenvalue weighted by Gasteiger charge is -2.44. The molecule has 0 radical (unpaired) electrons. The minimum Gasteiger partial charge on any atom is -0.311 e. The molecule has 0 atom stereocenters. The zero-order valence-corrected chi connectivity index (χ0v) is 40.8. The molecule has 2 aliphatic heterocycles. The summed E-state index contributed by atoms with van der Waals surface area (Å²) in [6, 6.07) is 54.4. The number of rotatable bonds is 4. The molecule has 4 heterocycles. The lowest BCUT2D eigenvalue weighted by Crippen LogP contribution is -2.60. The predicted molar refractivity (Wildman–Crippen MR) is 284 cm³/mol. The van der Waals surface area contributed by atoms with E-state index in [-0.39, 0.29) is 23.0 Å². The number of fused-ring (bicyclic) bond motifs is 9. The molecule has 2 aromatic heterocycles. The van der Waals surface area contributed by atoms with Crippen molar-refractivity contribution in [3.8, 4) is 11.1 Å². The van der Waals surface area contributed by atoms with Gasteiger partial charge in [-0.25, -0.2) is 0 Å². The van der Waals surface area contributed by atoms with E-state index >= 15 is 0 Å². The first-order valence-electron chi connectivity index (χ1n) is 23.1. The van der Waals surface area contributed by atoms with Gasteiger partial charge in [0.2, 0.25) is 0 Å². The fourth-order valence-electron chi connectivity index (χ4n) is 10.2. The maximum atomic E-state index is 2.61. The number of thiophene rings is 2. The van der Waals surface area contributed by atoms with Crippen molar-refractivity contribution >= 4 is 109 Å². The molecule has 11 rings (SSSR count). The molecule has 9 aromatic rings. The molecule has 0 spiro atoms. The Labute approximate surface area is 388 Å². The van der Waals surface area contributed by atoms with Crippen molar-refractivity contribution in [1.82, 2.24) is 0 Å². The maximum Gasteiger partial charge on any atom is 0.264 e. The van der Waals surface area contributed by atoms with Crippen LogP contribution in [-0.4, -0.2) is 6.71 Å². The molecule has 0 amide bonds. The summed E-state index contributed by atoms with van der Waals surface area (Å²) in [5.41, 5.74) is 18.2. The third kappa shape index (κ3) is 6.48. The van der Waals surface area contributed by atoms with Gasteiger partial charge in [0.25, 0.3) is 6.71 Å². The first-order chi connectivity index (χ1) is 30.5. The van der Waals surface area contributed by atoms with Gasteiger partial charge in [-0.15, -0.1) is 22.7 Å². The Morgan fingerprint density at radius 1 is 0.469 bits per heavy atom. The van der Waals surface area contributed by atoms with E-state index in [1.807, 2.05) is 22.7 Å². The van der Waals surface area contributed by atoms with Crippen molar-refractivity contribution in [3.63, 3.8) is 0 Å². The first kappa shape index (κ1) is 41.1. The van der Waals surface area contributed by atoms with Gasteiger partial charge in [0.1, 0.15) is 0 Å². The minimum atomic E-state index is -0.0249. The molecule has 0 fully saturated rings. The summed E-state index contributed by atoms with van der Waals surface area (Å²) in [5, 5.41) is 3.98. The second kappa shape index (κ2) is 14.4. The normalized spacial score (nSPS) is 13.9. The second-order valence-electron chi connectivity index (χ2n) is 21.7. The molecule has 0 saturated carbocycles. The van der Waals surface area contributed by atoms with Crippen LogP contribution in [0.25, 0.3) is 41.4 Å². The van der Waals surface area contributed by atoms with Gasteiger partial charge in [-0.2, -0.15) is 0 Å². The first-order valence-corrected chi connectivity index (χ1v) is 24.7. The lowest BCUT2D eigenvalue weighted by atomic mass is 9.36. The highest BCUT2D eigenvalue weighted by molar-refractivity contribution is 7.33. The summed E-state index contributed by atoms with van der Waals surface area (Å²) in [6.07, 6.45) is 0. The van der Waals surface area contributed by atoms with Gasteiger partial charge in [0, 0.05) is 63.3 Å². The van der Waals surface area contributed by atoms with E-state index < -0.39 is 0 Å². The number of anilines is 6. The van der Waals surface area contributed by atoms with Crippen LogP contribution in [0, 0.1) is 0 Å². The Hall–Kier alpha value is -5.62. The molecule has 0 unspecified atom stereocenters. The highest BCUT2D eigenvalue weighted by Crippen LogP contribution is 2.51. The van der Waals surface area contributed by atoms with Crippen LogP contribution in [0.15, 0.2) is 140 Å². The average Bonchev–Trinajstić information content (AvgIpc) is 3.83. The van der Waals surface area contributed by atoms with Crippen LogP contribution in [0.2, 0.25) is 0 Å². The van der Waals surface area contributed by atoms with Crippen LogP contribution in [0.1, 0.15) is 104 Å². The molecule has 2 aliphatic rings. The molecule has 7 aromatic carbocycles. The largest absolute Gasteiger partial charge is 0.311 e. The molecule has 0 bridgehead atoms. The standard InChI is InChI=1S/C59H57BN2S2/c1-35(2)36-19-27-48-46(32-36)60-54-49(61(41-25-21-38(22-26-41)57(3,4)5)55-45-34-40(59(9,10)11)24-30-53(45)64-56(55)60)16-14-17-50(54)62(48)47-28-23-39(58(6,7)8)33-43(47)37-20-29-52-44(31-37)42-15-12-13-18-51(42)63-52/h12-35H,1-11H3. The average molecular weight is 869 g/mol. The molecular weight excluding hydrogens is 812 g/mol. The molecule has 0 saturated heterocycles. The van der Waals surface area contributed by atoms with Crippen molar-refractivity contribution in [3.05, 3.63) is 162 Å². The third-order valence-corrected chi connectivity index (χ3v) is 16.3. The molecule has 0 aliphatic carbocycles. The maximum absolute atomic E-state index is 2.61. The summed E-state index contributed by atoms with van der Waals surface area (Å²) in [4.78, 5) is 5.22. The highest BCUT2D eigenvalue weighted by Gasteiger charge is 2.45. The summed E-state index contributed by atoms with van der Waals surface area (Å²) >= 11 is 3.87. The number of benzene rings is 7. The zero-order valence-electron chi connectivity index (χ0n) is 39.1. The number of hydrogen-bond donors (Lipinski definition) is 0. The number of hydrogen-bond acceptors (Lipinski definition) is 4. The monoisotopic (exact) mass is 868 g/mol. The van der Waals surface area contributed by atoms with Gasteiger partial charge >= 0.3 is 0 Å². The summed E-state index contributed by atoms with van der Waals surface area (Å²) in [6.45, 7) is 25.6. The molecule has 0 N–H and O–H groups in total. The molecule has 318 valence electrons. The van der Waals surface area contributed by atoms with Gasteiger partial charge in [-0.1, -0.05) is 143 Å². The van der Waals surface area contributed by atoms with Gasteiger partial charge in [-0.3, -0.25) is 0 Å². The Morgan fingerprint density at radius 2 is 1.08 bits per heavy atom. The van der Waals surface area contributed by atoms with E-state index in [1.54, 1.807) is 0 Å². The second-order valence-corrected chi connectivity index (χ2v) is 23.8. The zero-order chi connectivity index (χ0) is 44.6. The smallest absolute Gasteiger partial charge is 0.264 e. The quantitative estimate of drug-likeness (QED) is 0.163.